The molecule has 6 nitrogen and oxygen atoms in total. The molecule has 2 N–H and O–H groups in total. The number of nitrogens with one attached hydrogen (secondary N) is 2. The zero-order valence-corrected chi connectivity index (χ0v) is 18.0. The summed E-state index contributed by atoms with van der Waals surface area (Å²) in [5.41, 5.74) is 1.16. The van der Waals surface area contributed by atoms with Gasteiger partial charge in [-0.2, -0.15) is 0 Å². The number of guanidine groups is 1. The molecule has 1 aliphatic heterocycles. The molecule has 1 saturated heterocycles. The molecule has 1 unspecified atom stereocenters. The van der Waals surface area contributed by atoms with Crippen LogP contribution < -0.4 is 10.6 Å². The van der Waals surface area contributed by atoms with E-state index in [4.69, 9.17) is 14.5 Å². The van der Waals surface area contributed by atoms with Crippen LogP contribution in [0.15, 0.2) is 35.3 Å². The Balaban J connectivity index is 1.79. The Morgan fingerprint density at radius 2 is 1.96 bits per heavy atom. The average Bonchev–Trinajstić information content (AvgIpc) is 2.73. The molecule has 0 saturated carbocycles. The minimum Gasteiger partial charge on any atom is -0.381 e. The monoisotopic (exact) mass is 390 g/mol. The van der Waals surface area contributed by atoms with Crippen molar-refractivity contribution in [3.05, 3.63) is 35.9 Å². The molecule has 6 heteroatoms. The predicted octanol–water partition coefficient (Wildman–Crippen LogP) is 2.65. The summed E-state index contributed by atoms with van der Waals surface area (Å²) < 4.78 is 11.3. The third-order valence-corrected chi connectivity index (χ3v) is 5.59. The van der Waals surface area contributed by atoms with Gasteiger partial charge in [0.05, 0.1) is 12.1 Å². The minimum absolute atomic E-state index is 0.191. The molecule has 1 atom stereocenters. The van der Waals surface area contributed by atoms with Crippen LogP contribution in [0, 0.1) is 0 Å². The summed E-state index contributed by atoms with van der Waals surface area (Å²) in [6.45, 7) is 9.22. The van der Waals surface area contributed by atoms with Crippen molar-refractivity contribution in [2.45, 2.75) is 51.3 Å². The van der Waals surface area contributed by atoms with Gasteiger partial charge in [0.1, 0.15) is 0 Å². The highest BCUT2D eigenvalue weighted by molar-refractivity contribution is 5.79. The first-order valence-corrected chi connectivity index (χ1v) is 10.5. The van der Waals surface area contributed by atoms with Crippen LogP contribution in [0.5, 0.6) is 0 Å². The first kappa shape index (κ1) is 22.7. The Kier molecular flexibility index (Phi) is 9.75. The molecule has 1 fully saturated rings. The number of ether oxygens (including phenoxy) is 2. The van der Waals surface area contributed by atoms with Crippen LogP contribution in [0.4, 0.5) is 0 Å². The third kappa shape index (κ3) is 7.41. The van der Waals surface area contributed by atoms with Gasteiger partial charge in [0.2, 0.25) is 0 Å². The average molecular weight is 391 g/mol. The van der Waals surface area contributed by atoms with Gasteiger partial charge in [-0.25, -0.2) is 0 Å². The van der Waals surface area contributed by atoms with Gasteiger partial charge in [0.25, 0.3) is 0 Å². The molecule has 1 aliphatic rings. The Morgan fingerprint density at radius 3 is 2.61 bits per heavy atom. The topological polar surface area (TPSA) is 58.1 Å². The van der Waals surface area contributed by atoms with Crippen molar-refractivity contribution in [2.75, 3.05) is 47.0 Å². The zero-order valence-electron chi connectivity index (χ0n) is 18.0. The third-order valence-electron chi connectivity index (χ3n) is 5.59. The van der Waals surface area contributed by atoms with Gasteiger partial charge in [0.15, 0.2) is 5.96 Å². The number of benzene rings is 1. The zero-order chi connectivity index (χ0) is 20.2. The minimum atomic E-state index is -0.191. The molecule has 0 bridgehead atoms. The van der Waals surface area contributed by atoms with E-state index in [0.717, 1.165) is 58.1 Å². The van der Waals surface area contributed by atoms with Gasteiger partial charge in [-0.05, 0) is 32.9 Å². The molecule has 158 valence electrons. The van der Waals surface area contributed by atoms with Gasteiger partial charge in [0, 0.05) is 58.8 Å². The summed E-state index contributed by atoms with van der Waals surface area (Å²) in [4.78, 5) is 7.18. The van der Waals surface area contributed by atoms with Crippen molar-refractivity contribution < 1.29 is 9.47 Å². The fourth-order valence-electron chi connectivity index (χ4n) is 3.38. The fraction of sp³-hybridized carbons (Fsp3) is 0.682. The van der Waals surface area contributed by atoms with E-state index in [-0.39, 0.29) is 5.60 Å². The lowest BCUT2D eigenvalue weighted by molar-refractivity contribution is -0.0828. The lowest BCUT2D eigenvalue weighted by Gasteiger charge is -2.34. The highest BCUT2D eigenvalue weighted by Crippen LogP contribution is 2.24. The summed E-state index contributed by atoms with van der Waals surface area (Å²) in [7, 11) is 3.97. The molecule has 0 amide bonds. The van der Waals surface area contributed by atoms with E-state index in [9.17, 15) is 0 Å². The smallest absolute Gasteiger partial charge is 0.191 e. The lowest BCUT2D eigenvalue weighted by Crippen LogP contribution is -2.44. The van der Waals surface area contributed by atoms with Crippen LogP contribution in [0.3, 0.4) is 0 Å². The number of aliphatic imine (C=N–C) groups is 1. The number of hydrogen-bond acceptors (Lipinski definition) is 4. The summed E-state index contributed by atoms with van der Waals surface area (Å²) in [5, 5.41) is 6.82. The molecular formula is C22H38N4O2. The van der Waals surface area contributed by atoms with Gasteiger partial charge >= 0.3 is 0 Å². The van der Waals surface area contributed by atoms with Crippen molar-refractivity contribution >= 4 is 5.96 Å². The highest BCUT2D eigenvalue weighted by atomic mass is 16.5. The Hall–Kier alpha value is -1.63. The second-order valence-corrected chi connectivity index (χ2v) is 7.66. The Morgan fingerprint density at radius 1 is 1.25 bits per heavy atom. The molecule has 1 aromatic rings. The normalized spacial score (nSPS) is 18.1. The maximum Gasteiger partial charge on any atom is 0.191 e. The SMILES string of the molecule is CCNC(=NCC1(OC)CCOCC1)NCCC(C)N(C)Cc1ccccc1. The van der Waals surface area contributed by atoms with Crippen LogP contribution in [-0.4, -0.2) is 69.5 Å². The van der Waals surface area contributed by atoms with Crippen molar-refractivity contribution in [1.82, 2.24) is 15.5 Å². The fourth-order valence-corrected chi connectivity index (χ4v) is 3.38. The lowest BCUT2D eigenvalue weighted by atomic mass is 9.94. The largest absolute Gasteiger partial charge is 0.381 e. The van der Waals surface area contributed by atoms with E-state index < -0.39 is 0 Å². The van der Waals surface area contributed by atoms with Crippen molar-refractivity contribution in [3.63, 3.8) is 0 Å². The molecule has 1 aromatic carbocycles. The molecular weight excluding hydrogens is 352 g/mol. The molecule has 0 aliphatic carbocycles. The van der Waals surface area contributed by atoms with Gasteiger partial charge in [-0.15, -0.1) is 0 Å². The maximum atomic E-state index is 5.79. The molecule has 28 heavy (non-hydrogen) atoms. The highest BCUT2D eigenvalue weighted by Gasteiger charge is 2.32. The summed E-state index contributed by atoms with van der Waals surface area (Å²) >= 11 is 0. The molecule has 2 rings (SSSR count). The van der Waals surface area contributed by atoms with E-state index in [2.05, 4.69) is 66.8 Å². The van der Waals surface area contributed by atoms with Crippen LogP contribution in [0.25, 0.3) is 0 Å². The summed E-state index contributed by atoms with van der Waals surface area (Å²) in [5.74, 6) is 0.864. The van der Waals surface area contributed by atoms with Crippen LogP contribution in [-0.2, 0) is 16.0 Å². The molecule has 0 spiro atoms. The van der Waals surface area contributed by atoms with E-state index in [1.807, 2.05) is 0 Å². The van der Waals surface area contributed by atoms with E-state index in [1.165, 1.54) is 5.56 Å². The van der Waals surface area contributed by atoms with Gasteiger partial charge < -0.3 is 20.1 Å². The van der Waals surface area contributed by atoms with Gasteiger partial charge in [-0.1, -0.05) is 30.3 Å². The van der Waals surface area contributed by atoms with Crippen LogP contribution >= 0.6 is 0 Å². The van der Waals surface area contributed by atoms with Crippen LogP contribution in [0.2, 0.25) is 0 Å². The molecule has 1 heterocycles. The second kappa shape index (κ2) is 12.0. The van der Waals surface area contributed by atoms with Gasteiger partial charge in [-0.3, -0.25) is 9.89 Å². The first-order valence-electron chi connectivity index (χ1n) is 10.5. The maximum absolute atomic E-state index is 5.79. The van der Waals surface area contributed by atoms with E-state index in [1.54, 1.807) is 7.11 Å². The van der Waals surface area contributed by atoms with E-state index >= 15 is 0 Å². The van der Waals surface area contributed by atoms with Crippen molar-refractivity contribution in [2.24, 2.45) is 4.99 Å². The number of nitrogens with zero attached hydrogens (tertiary/aromatic N) is 2. The Labute approximate surface area is 170 Å². The molecule has 0 aromatic heterocycles. The predicted molar refractivity (Wildman–Crippen MR) is 116 cm³/mol. The number of methoxy groups -OCH3 is 1. The molecule has 0 radical (unpaired) electrons. The van der Waals surface area contributed by atoms with Crippen LogP contribution in [0.1, 0.15) is 38.7 Å². The Bertz CT molecular complexity index is 573. The first-order chi connectivity index (χ1) is 13.6. The second-order valence-electron chi connectivity index (χ2n) is 7.66. The summed E-state index contributed by atoms with van der Waals surface area (Å²) in [6, 6.07) is 11.1. The number of hydrogen-bond donors (Lipinski definition) is 2. The van der Waals surface area contributed by atoms with Crippen molar-refractivity contribution in [1.29, 1.82) is 0 Å². The van der Waals surface area contributed by atoms with Crippen molar-refractivity contribution in [3.8, 4) is 0 Å². The number of rotatable bonds is 10. The quantitative estimate of drug-likeness (QED) is 0.475. The summed E-state index contributed by atoms with van der Waals surface area (Å²) in [6.07, 6.45) is 2.85. The van der Waals surface area contributed by atoms with E-state index in [0.29, 0.717) is 12.6 Å². The standard InChI is InChI=1S/C22H38N4O2/c1-5-23-21(25-18-22(27-4)12-15-28-16-13-22)24-14-11-19(2)26(3)17-20-9-7-6-8-10-20/h6-10,19H,5,11-18H2,1-4H3,(H2,23,24,25).